The minimum absolute atomic E-state index is 0.209. The Labute approximate surface area is 106 Å². The van der Waals surface area contributed by atoms with E-state index in [4.69, 9.17) is 4.74 Å². The Morgan fingerprint density at radius 1 is 1.44 bits per heavy atom. The molecular weight excluding hydrogens is 235 g/mol. The summed E-state index contributed by atoms with van der Waals surface area (Å²) in [6, 6.07) is 8.98. The lowest BCUT2D eigenvalue weighted by atomic mass is 10.2. The van der Waals surface area contributed by atoms with Crippen LogP contribution in [0.4, 0.5) is 9.18 Å². The minimum Gasteiger partial charge on any atom is -0.445 e. The van der Waals surface area contributed by atoms with Gasteiger partial charge in [0.1, 0.15) is 12.8 Å². The summed E-state index contributed by atoms with van der Waals surface area (Å²) in [7, 11) is 1.57. The number of rotatable bonds is 3. The smallest absolute Gasteiger partial charge is 0.410 e. The van der Waals surface area contributed by atoms with E-state index in [0.717, 1.165) is 5.56 Å². The van der Waals surface area contributed by atoms with Gasteiger partial charge in [0, 0.05) is 20.1 Å². The number of likely N-dealkylation sites (N-methyl/N-ethyl adjacent to an activating group) is 1. The highest BCUT2D eigenvalue weighted by Crippen LogP contribution is 2.12. The van der Waals surface area contributed by atoms with Crippen molar-refractivity contribution in [3.05, 3.63) is 35.9 Å². The predicted molar refractivity (Wildman–Crippen MR) is 65.9 cm³/mol. The Morgan fingerprint density at radius 2 is 2.17 bits per heavy atom. The summed E-state index contributed by atoms with van der Waals surface area (Å²) < 4.78 is 18.6. The molecule has 1 amide bonds. The van der Waals surface area contributed by atoms with Crippen LogP contribution in [0, 0.1) is 0 Å². The molecule has 1 aliphatic rings. The predicted octanol–water partition coefficient (Wildman–Crippen LogP) is 1.56. The second-order valence-electron chi connectivity index (χ2n) is 4.39. The van der Waals surface area contributed by atoms with Gasteiger partial charge >= 0.3 is 6.09 Å². The maximum Gasteiger partial charge on any atom is 0.410 e. The molecule has 1 fully saturated rings. The first-order chi connectivity index (χ1) is 8.68. The molecule has 2 rings (SSSR count). The maximum absolute atomic E-state index is 13.5. The van der Waals surface area contributed by atoms with Crippen molar-refractivity contribution in [1.82, 2.24) is 10.2 Å². The van der Waals surface area contributed by atoms with Gasteiger partial charge in [-0.15, -0.1) is 0 Å². The molecular formula is C13H17FN2O2. The number of nitrogens with one attached hydrogen (secondary N) is 1. The molecule has 0 aliphatic carbocycles. The van der Waals surface area contributed by atoms with Crippen molar-refractivity contribution in [3.63, 3.8) is 0 Å². The fourth-order valence-corrected chi connectivity index (χ4v) is 1.97. The SMILES string of the molecule is CN(C(=O)OCc1ccccc1)C1CNCC1F. The summed E-state index contributed by atoms with van der Waals surface area (Å²) in [5, 5.41) is 2.91. The number of amides is 1. The van der Waals surface area contributed by atoms with Gasteiger partial charge in [-0.3, -0.25) is 0 Å². The third-order valence-corrected chi connectivity index (χ3v) is 3.10. The van der Waals surface area contributed by atoms with Crippen molar-refractivity contribution in [3.8, 4) is 0 Å². The molecule has 4 nitrogen and oxygen atoms in total. The van der Waals surface area contributed by atoms with Crippen LogP contribution in [0.1, 0.15) is 5.56 Å². The third kappa shape index (κ3) is 2.98. The lowest BCUT2D eigenvalue weighted by molar-refractivity contribution is 0.0814. The van der Waals surface area contributed by atoms with Crippen molar-refractivity contribution in [2.75, 3.05) is 20.1 Å². The first kappa shape index (κ1) is 12.8. The molecule has 5 heteroatoms. The van der Waals surface area contributed by atoms with Crippen LogP contribution in [0.3, 0.4) is 0 Å². The molecule has 1 heterocycles. The van der Waals surface area contributed by atoms with Crippen LogP contribution in [-0.4, -0.2) is 43.3 Å². The number of alkyl halides is 1. The van der Waals surface area contributed by atoms with E-state index >= 15 is 0 Å². The quantitative estimate of drug-likeness (QED) is 0.887. The second kappa shape index (κ2) is 5.82. The summed E-state index contributed by atoms with van der Waals surface area (Å²) in [6.45, 7) is 0.972. The molecule has 0 aromatic heterocycles. The van der Waals surface area contributed by atoms with E-state index in [9.17, 15) is 9.18 Å². The van der Waals surface area contributed by atoms with Crippen LogP contribution in [0.25, 0.3) is 0 Å². The van der Waals surface area contributed by atoms with Crippen LogP contribution >= 0.6 is 0 Å². The van der Waals surface area contributed by atoms with Crippen LogP contribution in [-0.2, 0) is 11.3 Å². The first-order valence-electron chi connectivity index (χ1n) is 5.97. The first-order valence-corrected chi connectivity index (χ1v) is 5.97. The van der Waals surface area contributed by atoms with Gasteiger partial charge in [0.05, 0.1) is 6.04 Å². The Hall–Kier alpha value is -1.62. The molecule has 18 heavy (non-hydrogen) atoms. The number of halogens is 1. The number of carbonyl (C=O) groups is 1. The monoisotopic (exact) mass is 252 g/mol. The van der Waals surface area contributed by atoms with Gasteiger partial charge in [-0.2, -0.15) is 0 Å². The van der Waals surface area contributed by atoms with Gasteiger partial charge in [-0.05, 0) is 5.56 Å². The number of carbonyl (C=O) groups excluding carboxylic acids is 1. The van der Waals surface area contributed by atoms with Crippen molar-refractivity contribution >= 4 is 6.09 Å². The fraction of sp³-hybridized carbons (Fsp3) is 0.462. The number of hydrogen-bond acceptors (Lipinski definition) is 3. The van der Waals surface area contributed by atoms with Crippen molar-refractivity contribution in [1.29, 1.82) is 0 Å². The number of hydrogen-bond donors (Lipinski definition) is 1. The molecule has 1 N–H and O–H groups in total. The van der Waals surface area contributed by atoms with Gasteiger partial charge in [0.2, 0.25) is 0 Å². The fourth-order valence-electron chi connectivity index (χ4n) is 1.97. The molecule has 1 aromatic rings. The van der Waals surface area contributed by atoms with Gasteiger partial charge in [0.15, 0.2) is 0 Å². The summed E-state index contributed by atoms with van der Waals surface area (Å²) in [6.07, 6.45) is -1.52. The summed E-state index contributed by atoms with van der Waals surface area (Å²) >= 11 is 0. The highest BCUT2D eigenvalue weighted by atomic mass is 19.1. The molecule has 0 bridgehead atoms. The van der Waals surface area contributed by atoms with Crippen molar-refractivity contribution in [2.24, 2.45) is 0 Å². The lowest BCUT2D eigenvalue weighted by Crippen LogP contribution is -2.43. The average Bonchev–Trinajstić information content (AvgIpc) is 2.82. The molecule has 2 atom stereocenters. The standard InChI is InChI=1S/C13H17FN2O2/c1-16(12-8-15-7-11(12)14)13(17)18-9-10-5-3-2-4-6-10/h2-6,11-12,15H,7-9H2,1H3. The normalized spacial score (nSPS) is 22.8. The molecule has 1 saturated heterocycles. The van der Waals surface area contributed by atoms with Gasteiger partial charge < -0.3 is 15.0 Å². The van der Waals surface area contributed by atoms with Crippen molar-refractivity contribution in [2.45, 2.75) is 18.8 Å². The molecule has 0 radical (unpaired) electrons. The summed E-state index contributed by atoms with van der Waals surface area (Å²) in [5.74, 6) is 0. The zero-order chi connectivity index (χ0) is 13.0. The van der Waals surface area contributed by atoms with E-state index in [2.05, 4.69) is 5.32 Å². The highest BCUT2D eigenvalue weighted by molar-refractivity contribution is 5.67. The molecule has 0 spiro atoms. The van der Waals surface area contributed by atoms with Crippen LogP contribution in [0.2, 0.25) is 0 Å². The Kier molecular flexibility index (Phi) is 4.15. The largest absolute Gasteiger partial charge is 0.445 e. The van der Waals surface area contributed by atoms with E-state index in [1.54, 1.807) is 7.05 Å². The number of nitrogens with zero attached hydrogens (tertiary/aromatic N) is 1. The van der Waals surface area contributed by atoms with E-state index < -0.39 is 18.3 Å². The molecule has 0 saturated carbocycles. The van der Waals surface area contributed by atoms with Crippen LogP contribution in [0.5, 0.6) is 0 Å². The summed E-state index contributed by atoms with van der Waals surface area (Å²) in [4.78, 5) is 13.1. The zero-order valence-electron chi connectivity index (χ0n) is 10.3. The zero-order valence-corrected chi connectivity index (χ0v) is 10.3. The number of benzene rings is 1. The van der Waals surface area contributed by atoms with E-state index in [1.165, 1.54) is 4.90 Å². The van der Waals surface area contributed by atoms with Crippen LogP contribution in [0.15, 0.2) is 30.3 Å². The van der Waals surface area contributed by atoms with Gasteiger partial charge in [-0.1, -0.05) is 30.3 Å². The Balaban J connectivity index is 1.84. The molecule has 1 aromatic carbocycles. The van der Waals surface area contributed by atoms with E-state index in [1.807, 2.05) is 30.3 Å². The molecule has 2 unspecified atom stereocenters. The Bertz CT molecular complexity index is 399. The second-order valence-corrected chi connectivity index (χ2v) is 4.39. The van der Waals surface area contributed by atoms with E-state index in [-0.39, 0.29) is 6.61 Å². The molecule has 98 valence electrons. The van der Waals surface area contributed by atoms with E-state index in [0.29, 0.717) is 13.1 Å². The lowest BCUT2D eigenvalue weighted by Gasteiger charge is -2.24. The Morgan fingerprint density at radius 3 is 2.78 bits per heavy atom. The van der Waals surface area contributed by atoms with Gasteiger partial charge in [-0.25, -0.2) is 9.18 Å². The van der Waals surface area contributed by atoms with Crippen LogP contribution < -0.4 is 5.32 Å². The van der Waals surface area contributed by atoms with Crippen molar-refractivity contribution < 1.29 is 13.9 Å². The summed E-state index contributed by atoms with van der Waals surface area (Å²) in [5.41, 5.74) is 0.917. The van der Waals surface area contributed by atoms with Gasteiger partial charge in [0.25, 0.3) is 0 Å². The molecule has 1 aliphatic heterocycles. The minimum atomic E-state index is -1.03. The average molecular weight is 252 g/mol. The topological polar surface area (TPSA) is 41.6 Å². The highest BCUT2D eigenvalue weighted by Gasteiger charge is 2.33. The third-order valence-electron chi connectivity index (χ3n) is 3.10. The number of ether oxygens (including phenoxy) is 1. The maximum atomic E-state index is 13.5.